The molecule has 22 heavy (non-hydrogen) atoms. The maximum atomic E-state index is 12.2. The Morgan fingerprint density at radius 3 is 2.64 bits per heavy atom. The number of nitrogens with zero attached hydrogens (tertiary/aromatic N) is 5. The fourth-order valence-corrected chi connectivity index (χ4v) is 2.63. The van der Waals surface area contributed by atoms with Crippen molar-refractivity contribution >= 4 is 29.0 Å². The highest BCUT2D eigenvalue weighted by Crippen LogP contribution is 2.22. The number of rotatable bonds is 6. The normalized spacial score (nSPS) is 12.0. The average molecular weight is 320 g/mol. The minimum Gasteiger partial charge on any atom is -0.378 e. The van der Waals surface area contributed by atoms with E-state index in [9.17, 15) is 4.79 Å². The molecule has 0 unspecified atom stereocenters. The maximum Gasteiger partial charge on any atom is 0.237 e. The fourth-order valence-electron chi connectivity index (χ4n) is 1.78. The minimum absolute atomic E-state index is 0.0757. The van der Waals surface area contributed by atoms with Gasteiger partial charge in [-0.1, -0.05) is 11.8 Å². The van der Waals surface area contributed by atoms with Gasteiger partial charge in [-0.05, 0) is 48.5 Å². The van der Waals surface area contributed by atoms with E-state index in [1.54, 1.807) is 4.68 Å². The van der Waals surface area contributed by atoms with Crippen LogP contribution in [0.2, 0.25) is 0 Å². The van der Waals surface area contributed by atoms with E-state index in [0.717, 1.165) is 11.4 Å². The van der Waals surface area contributed by atoms with Crippen molar-refractivity contribution in [2.45, 2.75) is 30.8 Å². The molecular formula is C14H20N6OS. The standard InChI is InChI=1S/C14H20N6OS/c1-5-20-14(16-17-18-20)22-10(2)13(21)15-11-6-8-12(9-7-11)19(3)4/h6-10H,5H2,1-4H3,(H,15,21)/t10-/m1/s1. The molecule has 0 saturated carbocycles. The first-order valence-electron chi connectivity index (χ1n) is 7.02. The van der Waals surface area contributed by atoms with Crippen LogP contribution in [0, 0.1) is 0 Å². The Kier molecular flexibility index (Phi) is 5.37. The topological polar surface area (TPSA) is 75.9 Å². The second kappa shape index (κ2) is 7.26. The van der Waals surface area contributed by atoms with E-state index in [1.807, 2.05) is 57.1 Å². The van der Waals surface area contributed by atoms with Gasteiger partial charge in [0.1, 0.15) is 0 Å². The molecular weight excluding hydrogens is 300 g/mol. The van der Waals surface area contributed by atoms with Gasteiger partial charge in [-0.3, -0.25) is 4.79 Å². The number of tetrazole rings is 1. The van der Waals surface area contributed by atoms with E-state index >= 15 is 0 Å². The van der Waals surface area contributed by atoms with Gasteiger partial charge in [-0.2, -0.15) is 0 Å². The van der Waals surface area contributed by atoms with Gasteiger partial charge in [0, 0.05) is 32.0 Å². The van der Waals surface area contributed by atoms with Crippen LogP contribution in [-0.4, -0.2) is 45.5 Å². The molecule has 2 rings (SSSR count). The van der Waals surface area contributed by atoms with E-state index < -0.39 is 0 Å². The molecule has 0 fully saturated rings. The lowest BCUT2D eigenvalue weighted by Gasteiger charge is -2.14. The summed E-state index contributed by atoms with van der Waals surface area (Å²) in [5.41, 5.74) is 1.86. The highest BCUT2D eigenvalue weighted by atomic mass is 32.2. The zero-order valence-electron chi connectivity index (χ0n) is 13.1. The van der Waals surface area contributed by atoms with Crippen LogP contribution in [0.4, 0.5) is 11.4 Å². The van der Waals surface area contributed by atoms with Gasteiger partial charge in [0.05, 0.1) is 5.25 Å². The van der Waals surface area contributed by atoms with Gasteiger partial charge in [-0.25, -0.2) is 4.68 Å². The number of carbonyl (C=O) groups excluding carboxylic acids is 1. The van der Waals surface area contributed by atoms with Crippen molar-refractivity contribution in [1.82, 2.24) is 20.2 Å². The lowest BCUT2D eigenvalue weighted by molar-refractivity contribution is -0.115. The van der Waals surface area contributed by atoms with Crippen molar-refractivity contribution in [2.24, 2.45) is 0 Å². The van der Waals surface area contributed by atoms with E-state index in [4.69, 9.17) is 0 Å². The number of carbonyl (C=O) groups is 1. The zero-order chi connectivity index (χ0) is 16.1. The third kappa shape index (κ3) is 3.97. The minimum atomic E-state index is -0.287. The van der Waals surface area contributed by atoms with Crippen LogP contribution in [-0.2, 0) is 11.3 Å². The molecule has 118 valence electrons. The van der Waals surface area contributed by atoms with Crippen molar-refractivity contribution in [3.05, 3.63) is 24.3 Å². The Hall–Kier alpha value is -2.09. The molecule has 0 aliphatic rings. The summed E-state index contributed by atoms with van der Waals surface area (Å²) in [5, 5.41) is 14.7. The van der Waals surface area contributed by atoms with Crippen molar-refractivity contribution in [3.8, 4) is 0 Å². The molecule has 1 aromatic carbocycles. The molecule has 7 nitrogen and oxygen atoms in total. The van der Waals surface area contributed by atoms with E-state index in [2.05, 4.69) is 20.8 Å². The smallest absolute Gasteiger partial charge is 0.237 e. The number of anilines is 2. The summed E-state index contributed by atoms with van der Waals surface area (Å²) in [5.74, 6) is -0.0757. The highest BCUT2D eigenvalue weighted by molar-refractivity contribution is 8.00. The first-order valence-corrected chi connectivity index (χ1v) is 7.90. The molecule has 1 heterocycles. The average Bonchev–Trinajstić information content (AvgIpc) is 2.94. The summed E-state index contributed by atoms with van der Waals surface area (Å²) in [7, 11) is 3.95. The molecule has 0 aliphatic heterocycles. The summed E-state index contributed by atoms with van der Waals surface area (Å²) in [4.78, 5) is 14.2. The lowest BCUT2D eigenvalue weighted by Crippen LogP contribution is -2.23. The molecule has 0 saturated heterocycles. The van der Waals surface area contributed by atoms with Crippen LogP contribution < -0.4 is 10.2 Å². The van der Waals surface area contributed by atoms with E-state index in [0.29, 0.717) is 11.7 Å². The van der Waals surface area contributed by atoms with Gasteiger partial charge < -0.3 is 10.2 Å². The summed E-state index contributed by atoms with van der Waals surface area (Å²) >= 11 is 1.34. The number of benzene rings is 1. The van der Waals surface area contributed by atoms with Crippen molar-refractivity contribution < 1.29 is 4.79 Å². The SMILES string of the molecule is CCn1nnnc1S[C@H](C)C(=O)Nc1ccc(N(C)C)cc1. The van der Waals surface area contributed by atoms with Gasteiger partial charge in [-0.15, -0.1) is 5.10 Å². The molecule has 2 aromatic rings. The predicted molar refractivity (Wildman–Crippen MR) is 88.2 cm³/mol. The largest absolute Gasteiger partial charge is 0.378 e. The van der Waals surface area contributed by atoms with Gasteiger partial charge in [0.15, 0.2) is 0 Å². The van der Waals surface area contributed by atoms with E-state index in [-0.39, 0.29) is 11.2 Å². The number of amides is 1. The van der Waals surface area contributed by atoms with Gasteiger partial charge >= 0.3 is 0 Å². The van der Waals surface area contributed by atoms with Crippen molar-refractivity contribution in [3.63, 3.8) is 0 Å². The van der Waals surface area contributed by atoms with Crippen molar-refractivity contribution in [2.75, 3.05) is 24.3 Å². The van der Waals surface area contributed by atoms with Crippen LogP contribution in [0.1, 0.15) is 13.8 Å². The second-order valence-electron chi connectivity index (χ2n) is 4.97. The first kappa shape index (κ1) is 16.3. The molecule has 8 heteroatoms. The van der Waals surface area contributed by atoms with Crippen LogP contribution in [0.5, 0.6) is 0 Å². The number of aryl methyl sites for hydroxylation is 1. The maximum absolute atomic E-state index is 12.2. The Morgan fingerprint density at radius 2 is 2.05 bits per heavy atom. The van der Waals surface area contributed by atoms with Crippen LogP contribution in [0.25, 0.3) is 0 Å². The molecule has 1 N–H and O–H groups in total. The molecule has 0 radical (unpaired) electrons. The fraction of sp³-hybridized carbons (Fsp3) is 0.429. The number of aromatic nitrogens is 4. The Morgan fingerprint density at radius 1 is 1.36 bits per heavy atom. The number of nitrogens with one attached hydrogen (secondary N) is 1. The van der Waals surface area contributed by atoms with Crippen LogP contribution >= 0.6 is 11.8 Å². The quantitative estimate of drug-likeness (QED) is 0.819. The Labute approximate surface area is 134 Å². The summed E-state index contributed by atoms with van der Waals surface area (Å²) in [6.07, 6.45) is 0. The molecule has 0 aliphatic carbocycles. The van der Waals surface area contributed by atoms with Crippen molar-refractivity contribution in [1.29, 1.82) is 0 Å². The molecule has 0 spiro atoms. The molecule has 1 atom stereocenters. The monoisotopic (exact) mass is 320 g/mol. The third-order valence-corrected chi connectivity index (χ3v) is 4.17. The van der Waals surface area contributed by atoms with E-state index in [1.165, 1.54) is 11.8 Å². The summed E-state index contributed by atoms with van der Waals surface area (Å²) in [6, 6.07) is 7.71. The molecule has 0 bridgehead atoms. The Balaban J connectivity index is 1.96. The second-order valence-corrected chi connectivity index (χ2v) is 6.28. The van der Waals surface area contributed by atoms with Gasteiger partial charge in [0.25, 0.3) is 0 Å². The van der Waals surface area contributed by atoms with Gasteiger partial charge in [0.2, 0.25) is 11.1 Å². The summed E-state index contributed by atoms with van der Waals surface area (Å²) < 4.78 is 1.67. The number of hydrogen-bond acceptors (Lipinski definition) is 6. The first-order chi connectivity index (χ1) is 10.5. The Bertz CT molecular complexity index is 625. The number of hydrogen-bond donors (Lipinski definition) is 1. The lowest BCUT2D eigenvalue weighted by atomic mass is 10.2. The highest BCUT2D eigenvalue weighted by Gasteiger charge is 2.18. The zero-order valence-corrected chi connectivity index (χ0v) is 14.0. The third-order valence-electron chi connectivity index (χ3n) is 3.10. The summed E-state index contributed by atoms with van der Waals surface area (Å²) in [6.45, 7) is 4.47. The molecule has 1 aromatic heterocycles. The van der Waals surface area contributed by atoms with Crippen LogP contribution in [0.3, 0.4) is 0 Å². The van der Waals surface area contributed by atoms with Crippen LogP contribution in [0.15, 0.2) is 29.4 Å². The number of thioether (sulfide) groups is 1. The predicted octanol–water partition coefficient (Wildman–Crippen LogP) is 1.88. The molecule has 1 amide bonds.